The fraction of sp³-hybridized carbons (Fsp3) is 0.100. The van der Waals surface area contributed by atoms with E-state index in [2.05, 4.69) is 22.1 Å². The van der Waals surface area contributed by atoms with Crippen LogP contribution in [0.25, 0.3) is 44.2 Å². The number of nitrogen functional groups attached to an aromatic ring is 2. The first kappa shape index (κ1) is 25.8. The summed E-state index contributed by atoms with van der Waals surface area (Å²) in [4.78, 5) is 19.2. The minimum Gasteiger partial charge on any atom is -0.459 e. The maximum Gasteiger partial charge on any atom is 0.303 e. The minimum absolute atomic E-state index is 0.0363. The zero-order valence-electron chi connectivity index (χ0n) is 21.1. The molecule has 0 saturated heterocycles. The van der Waals surface area contributed by atoms with Gasteiger partial charge in [0.05, 0.1) is 5.88 Å². The number of halogens is 1. The number of carbonyl (C=O) groups excluding carboxylic acids is 1. The van der Waals surface area contributed by atoms with Crippen molar-refractivity contribution >= 4 is 51.1 Å². The van der Waals surface area contributed by atoms with Crippen LogP contribution in [-0.2, 0) is 22.0 Å². The predicted octanol–water partition coefficient (Wildman–Crippen LogP) is 6.96. The van der Waals surface area contributed by atoms with Crippen molar-refractivity contribution in [3.8, 4) is 22.6 Å². The molecule has 4 N–H and O–H groups in total. The molecular weight excluding hydrogens is 516 g/mol. The van der Waals surface area contributed by atoms with Crippen LogP contribution in [0.15, 0.2) is 93.8 Å². The predicted molar refractivity (Wildman–Crippen MR) is 153 cm³/mol. The van der Waals surface area contributed by atoms with E-state index < -0.39 is 0 Å². The van der Waals surface area contributed by atoms with Gasteiger partial charge in [0.25, 0.3) is 12.0 Å². The van der Waals surface area contributed by atoms with E-state index >= 15 is 0 Å². The lowest BCUT2D eigenvalue weighted by Crippen LogP contribution is -2.00. The van der Waals surface area contributed by atoms with Gasteiger partial charge in [0, 0.05) is 18.1 Å². The van der Waals surface area contributed by atoms with E-state index in [-0.39, 0.29) is 30.5 Å². The number of carbonyl (C=O) groups is 1. The average Bonchev–Trinajstić information content (AvgIpc) is 3.52. The van der Waals surface area contributed by atoms with Gasteiger partial charge in [-0.2, -0.15) is 9.97 Å². The topological polar surface area (TPSA) is 130 Å². The van der Waals surface area contributed by atoms with Crippen LogP contribution in [0, 0.1) is 0 Å². The first-order valence-corrected chi connectivity index (χ1v) is 12.6. The van der Waals surface area contributed by atoms with Gasteiger partial charge in [-0.1, -0.05) is 84.9 Å². The molecule has 0 atom stereocenters. The van der Waals surface area contributed by atoms with Crippen LogP contribution in [0.2, 0.25) is 0 Å². The highest BCUT2D eigenvalue weighted by Gasteiger charge is 2.17. The lowest BCUT2D eigenvalue weighted by Gasteiger charge is -2.05. The number of benzene rings is 4. The summed E-state index contributed by atoms with van der Waals surface area (Å²) in [6.45, 7) is 1.38. The second kappa shape index (κ2) is 11.3. The van der Waals surface area contributed by atoms with Gasteiger partial charge in [0.1, 0.15) is 18.0 Å². The van der Waals surface area contributed by atoms with Crippen molar-refractivity contribution < 1.29 is 18.4 Å². The zero-order valence-corrected chi connectivity index (χ0v) is 21.8. The molecule has 0 unspecified atom stereocenters. The Balaban J connectivity index is 0.000000160. The number of hydrogen-bond acceptors (Lipinski definition) is 8. The number of anilines is 2. The van der Waals surface area contributed by atoms with Crippen LogP contribution < -0.4 is 11.5 Å². The molecule has 0 radical (unpaired) electrons. The van der Waals surface area contributed by atoms with Crippen molar-refractivity contribution in [1.29, 1.82) is 0 Å². The van der Waals surface area contributed by atoms with Gasteiger partial charge < -0.3 is 25.0 Å². The molecule has 0 aliphatic rings. The highest BCUT2D eigenvalue weighted by atomic mass is 35.5. The summed E-state index contributed by atoms with van der Waals surface area (Å²) in [6, 6.07) is 28.1. The van der Waals surface area contributed by atoms with E-state index in [0.29, 0.717) is 22.9 Å². The third-order valence-electron chi connectivity index (χ3n) is 6.04. The van der Waals surface area contributed by atoms with E-state index in [4.69, 9.17) is 36.6 Å². The first-order chi connectivity index (χ1) is 18.9. The summed E-state index contributed by atoms with van der Waals surface area (Å²) in [5.41, 5.74) is 14.3. The van der Waals surface area contributed by atoms with Crippen molar-refractivity contribution in [2.75, 3.05) is 11.5 Å². The highest BCUT2D eigenvalue weighted by molar-refractivity contribution is 6.17. The molecule has 0 spiro atoms. The summed E-state index contributed by atoms with van der Waals surface area (Å²) < 4.78 is 16.0. The molecule has 0 amide bonds. The van der Waals surface area contributed by atoms with Crippen LogP contribution in [0.3, 0.4) is 0 Å². The molecule has 39 heavy (non-hydrogen) atoms. The Bertz CT molecular complexity index is 1770. The van der Waals surface area contributed by atoms with E-state index in [1.807, 2.05) is 72.8 Å². The molecular formula is C30H25ClN4O4. The smallest absolute Gasteiger partial charge is 0.303 e. The molecule has 0 saturated carbocycles. The molecule has 9 heteroatoms. The van der Waals surface area contributed by atoms with Crippen molar-refractivity contribution in [1.82, 2.24) is 9.97 Å². The van der Waals surface area contributed by atoms with Gasteiger partial charge in [0.2, 0.25) is 0 Å². The van der Waals surface area contributed by atoms with Crippen molar-refractivity contribution in [3.63, 3.8) is 0 Å². The molecule has 0 aliphatic carbocycles. The molecule has 0 bridgehead atoms. The first-order valence-electron chi connectivity index (χ1n) is 12.1. The monoisotopic (exact) mass is 540 g/mol. The van der Waals surface area contributed by atoms with Crippen LogP contribution in [0.5, 0.6) is 0 Å². The number of ether oxygens (including phenoxy) is 1. The Labute approximate surface area is 229 Å². The molecule has 4 aromatic carbocycles. The highest BCUT2D eigenvalue weighted by Crippen LogP contribution is 2.34. The number of esters is 1. The summed E-state index contributed by atoms with van der Waals surface area (Å²) >= 11 is 5.87. The number of nitrogens with two attached hydrogens (primary N) is 2. The number of hydrogen-bond donors (Lipinski definition) is 2. The SMILES string of the molecule is CC(=O)OCc1nc(N)oc1-c1cccc2ccccc12.Nc1nc(CCl)c(-c2cccc3ccccc23)o1. The minimum atomic E-state index is -0.375. The number of oxazole rings is 2. The molecule has 6 rings (SSSR count). The molecule has 6 aromatic rings. The fourth-order valence-corrected chi connectivity index (χ4v) is 4.55. The second-order valence-corrected chi connectivity index (χ2v) is 8.89. The third kappa shape index (κ3) is 5.56. The number of rotatable bonds is 5. The maximum atomic E-state index is 11.0. The Morgan fingerprint density at radius 2 is 1.21 bits per heavy atom. The number of nitrogens with zero attached hydrogens (tertiary/aromatic N) is 2. The van der Waals surface area contributed by atoms with Gasteiger partial charge >= 0.3 is 5.97 Å². The average molecular weight is 541 g/mol. The molecule has 0 aliphatic heterocycles. The second-order valence-electron chi connectivity index (χ2n) is 8.62. The van der Waals surface area contributed by atoms with Gasteiger partial charge in [-0.05, 0) is 21.5 Å². The quantitative estimate of drug-likeness (QED) is 0.177. The van der Waals surface area contributed by atoms with E-state index in [1.165, 1.54) is 6.92 Å². The number of fused-ring (bicyclic) bond motifs is 2. The van der Waals surface area contributed by atoms with Crippen molar-refractivity contribution in [2.45, 2.75) is 19.4 Å². The molecule has 0 fully saturated rings. The summed E-state index contributed by atoms with van der Waals surface area (Å²) in [5.74, 6) is 1.09. The van der Waals surface area contributed by atoms with E-state index in [0.717, 1.165) is 32.7 Å². The normalized spacial score (nSPS) is 10.8. The number of aromatic nitrogens is 2. The van der Waals surface area contributed by atoms with Gasteiger partial charge in [0.15, 0.2) is 11.5 Å². The van der Waals surface area contributed by atoms with Gasteiger partial charge in [-0.25, -0.2) is 0 Å². The van der Waals surface area contributed by atoms with Gasteiger partial charge in [-0.3, -0.25) is 4.79 Å². The van der Waals surface area contributed by atoms with E-state index in [1.54, 1.807) is 0 Å². The molecule has 2 heterocycles. The van der Waals surface area contributed by atoms with Crippen LogP contribution in [0.1, 0.15) is 18.3 Å². The lowest BCUT2D eigenvalue weighted by atomic mass is 10.0. The number of alkyl halides is 1. The Kier molecular flexibility index (Phi) is 7.47. The van der Waals surface area contributed by atoms with Crippen LogP contribution >= 0.6 is 11.6 Å². The lowest BCUT2D eigenvalue weighted by molar-refractivity contribution is -0.142. The van der Waals surface area contributed by atoms with Crippen LogP contribution in [-0.4, -0.2) is 15.9 Å². The Morgan fingerprint density at radius 3 is 1.72 bits per heavy atom. The Hall–Kier alpha value is -4.82. The molecule has 196 valence electrons. The van der Waals surface area contributed by atoms with Crippen molar-refractivity contribution in [3.05, 3.63) is 96.3 Å². The fourth-order valence-electron chi connectivity index (χ4n) is 4.37. The largest absolute Gasteiger partial charge is 0.459 e. The Morgan fingerprint density at radius 1 is 0.744 bits per heavy atom. The standard InChI is InChI=1S/C16H14N2O3.C14H11ClN2O/c1-10(19)20-9-14-15(21-16(17)18-14)13-8-4-6-11-5-2-3-7-12(11)13;15-8-12-13(18-14(16)17-12)11-7-3-5-9-4-1-2-6-10(9)11/h2-8H,9H2,1H3,(H2,17,18);1-7H,8H2,(H2,16,17). The summed E-state index contributed by atoms with van der Waals surface area (Å²) in [7, 11) is 0. The van der Waals surface area contributed by atoms with E-state index in [9.17, 15) is 4.79 Å². The summed E-state index contributed by atoms with van der Waals surface area (Å²) in [6.07, 6.45) is 0. The molecule has 8 nitrogen and oxygen atoms in total. The molecule has 2 aromatic heterocycles. The van der Waals surface area contributed by atoms with Gasteiger partial charge in [-0.15, -0.1) is 11.6 Å². The van der Waals surface area contributed by atoms with Crippen LogP contribution in [0.4, 0.5) is 12.0 Å². The zero-order chi connectivity index (χ0) is 27.4. The maximum absolute atomic E-state index is 11.0. The third-order valence-corrected chi connectivity index (χ3v) is 6.29. The van der Waals surface area contributed by atoms with Crippen molar-refractivity contribution in [2.24, 2.45) is 0 Å². The summed E-state index contributed by atoms with van der Waals surface area (Å²) in [5, 5.41) is 4.36.